The van der Waals surface area contributed by atoms with Crippen molar-refractivity contribution in [3.8, 4) is 0 Å². The minimum atomic E-state index is -3.33. The Labute approximate surface area is 156 Å². The fraction of sp³-hybridized carbons (Fsp3) is 0.222. The maximum absolute atomic E-state index is 13.1. The monoisotopic (exact) mass is 391 g/mol. The van der Waals surface area contributed by atoms with Crippen molar-refractivity contribution in [2.45, 2.75) is 13.0 Å². The molecule has 142 valence electrons. The van der Waals surface area contributed by atoms with Crippen LogP contribution in [-0.2, 0) is 26.2 Å². The lowest BCUT2D eigenvalue weighted by Crippen LogP contribution is -2.35. The third-order valence-corrected chi connectivity index (χ3v) is 5.91. The molecule has 0 aromatic heterocycles. The number of hydrogen-bond acceptors (Lipinski definition) is 4. The number of nitrogens with one attached hydrogen (secondary N) is 2. The molecule has 0 bridgehead atoms. The van der Waals surface area contributed by atoms with Gasteiger partial charge in [0.15, 0.2) is 0 Å². The number of amides is 2. The van der Waals surface area contributed by atoms with Gasteiger partial charge in [0.1, 0.15) is 5.82 Å². The van der Waals surface area contributed by atoms with Gasteiger partial charge in [0.2, 0.25) is 10.0 Å². The molecule has 1 aliphatic rings. The molecule has 0 unspecified atom stereocenters. The average Bonchev–Trinajstić information content (AvgIpc) is 2.99. The van der Waals surface area contributed by atoms with Gasteiger partial charge in [-0.25, -0.2) is 12.8 Å². The van der Waals surface area contributed by atoms with Crippen molar-refractivity contribution < 1.29 is 22.4 Å². The highest BCUT2D eigenvalue weighted by molar-refractivity contribution is 7.93. The quantitative estimate of drug-likeness (QED) is 0.775. The maximum Gasteiger partial charge on any atom is 0.313 e. The Hall–Kier alpha value is -2.94. The number of anilines is 2. The van der Waals surface area contributed by atoms with E-state index in [0.717, 1.165) is 0 Å². The number of carbonyl (C=O) groups excluding carboxylic acids is 2. The molecule has 1 heterocycles. The first-order valence-electron chi connectivity index (χ1n) is 8.29. The Morgan fingerprint density at radius 3 is 2.56 bits per heavy atom. The van der Waals surface area contributed by atoms with Gasteiger partial charge in [0, 0.05) is 18.8 Å². The molecule has 3 rings (SSSR count). The highest BCUT2D eigenvalue weighted by atomic mass is 32.2. The molecule has 9 heteroatoms. The molecule has 2 N–H and O–H groups in total. The van der Waals surface area contributed by atoms with E-state index in [2.05, 4.69) is 10.6 Å². The second kappa shape index (κ2) is 7.75. The second-order valence-electron chi connectivity index (χ2n) is 6.06. The van der Waals surface area contributed by atoms with Crippen molar-refractivity contribution in [1.82, 2.24) is 5.32 Å². The van der Waals surface area contributed by atoms with Crippen molar-refractivity contribution in [2.24, 2.45) is 0 Å². The van der Waals surface area contributed by atoms with Crippen LogP contribution in [0.5, 0.6) is 0 Å². The molecule has 2 aromatic carbocycles. The number of halogens is 1. The first kappa shape index (κ1) is 18.8. The van der Waals surface area contributed by atoms with E-state index < -0.39 is 27.7 Å². The van der Waals surface area contributed by atoms with Gasteiger partial charge >= 0.3 is 11.8 Å². The number of rotatable bonds is 4. The first-order valence-corrected chi connectivity index (χ1v) is 9.90. The van der Waals surface area contributed by atoms with Gasteiger partial charge in [-0.15, -0.1) is 0 Å². The molecule has 1 aliphatic heterocycles. The fourth-order valence-electron chi connectivity index (χ4n) is 2.77. The number of sulfonamides is 1. The van der Waals surface area contributed by atoms with E-state index in [1.54, 1.807) is 24.3 Å². The Morgan fingerprint density at radius 2 is 1.85 bits per heavy atom. The maximum atomic E-state index is 13.1. The summed E-state index contributed by atoms with van der Waals surface area (Å²) in [5.74, 6) is -2.11. The van der Waals surface area contributed by atoms with Crippen LogP contribution in [0.4, 0.5) is 15.8 Å². The van der Waals surface area contributed by atoms with Gasteiger partial charge in [0.25, 0.3) is 0 Å². The Balaban J connectivity index is 1.62. The molecular weight excluding hydrogens is 373 g/mol. The first-order chi connectivity index (χ1) is 12.8. The molecule has 0 spiro atoms. The number of hydrogen-bond donors (Lipinski definition) is 2. The predicted octanol–water partition coefficient (Wildman–Crippen LogP) is 1.62. The van der Waals surface area contributed by atoms with Gasteiger partial charge in [0.05, 0.1) is 11.4 Å². The van der Waals surface area contributed by atoms with Crippen LogP contribution in [0.25, 0.3) is 0 Å². The molecule has 7 nitrogen and oxygen atoms in total. The van der Waals surface area contributed by atoms with E-state index >= 15 is 0 Å². The van der Waals surface area contributed by atoms with Crippen LogP contribution in [0, 0.1) is 5.82 Å². The minimum absolute atomic E-state index is 0.00999. The molecule has 27 heavy (non-hydrogen) atoms. The summed E-state index contributed by atoms with van der Waals surface area (Å²) in [6.45, 7) is 0.393. The summed E-state index contributed by atoms with van der Waals surface area (Å²) >= 11 is 0. The molecule has 2 aromatic rings. The van der Waals surface area contributed by atoms with Gasteiger partial charge in [-0.3, -0.25) is 13.9 Å². The van der Waals surface area contributed by atoms with Crippen LogP contribution in [0.1, 0.15) is 12.0 Å². The summed E-state index contributed by atoms with van der Waals surface area (Å²) < 4.78 is 38.4. The van der Waals surface area contributed by atoms with Crippen LogP contribution < -0.4 is 14.9 Å². The molecule has 0 atom stereocenters. The summed E-state index contributed by atoms with van der Waals surface area (Å²) in [5, 5.41) is 4.84. The summed E-state index contributed by atoms with van der Waals surface area (Å²) in [4.78, 5) is 24.0. The lowest BCUT2D eigenvalue weighted by atomic mass is 10.2. The van der Waals surface area contributed by atoms with E-state index in [1.807, 2.05) is 0 Å². The highest BCUT2D eigenvalue weighted by Gasteiger charge is 2.28. The number of benzene rings is 2. The van der Waals surface area contributed by atoms with Gasteiger partial charge in [-0.05, 0) is 42.3 Å². The van der Waals surface area contributed by atoms with E-state index in [9.17, 15) is 22.4 Å². The number of nitrogens with zero attached hydrogens (tertiary/aromatic N) is 1. The lowest BCUT2D eigenvalue weighted by Gasteiger charge is -2.17. The van der Waals surface area contributed by atoms with Crippen LogP contribution in [0.3, 0.4) is 0 Å². The summed E-state index contributed by atoms with van der Waals surface area (Å²) in [7, 11) is -3.33. The van der Waals surface area contributed by atoms with Crippen LogP contribution in [0.2, 0.25) is 0 Å². The molecule has 1 saturated heterocycles. The third kappa shape index (κ3) is 4.62. The third-order valence-electron chi connectivity index (χ3n) is 4.04. The number of carbonyl (C=O) groups is 2. The van der Waals surface area contributed by atoms with Crippen molar-refractivity contribution in [3.05, 3.63) is 59.9 Å². The summed E-state index contributed by atoms with van der Waals surface area (Å²) in [5.41, 5.74) is 1.27. The van der Waals surface area contributed by atoms with Gasteiger partial charge < -0.3 is 10.6 Å². The van der Waals surface area contributed by atoms with Crippen molar-refractivity contribution in [1.29, 1.82) is 0 Å². The molecule has 0 saturated carbocycles. The summed E-state index contributed by atoms with van der Waals surface area (Å²) in [6.07, 6.45) is 0.543. The normalized spacial score (nSPS) is 15.4. The highest BCUT2D eigenvalue weighted by Crippen LogP contribution is 2.26. The van der Waals surface area contributed by atoms with Gasteiger partial charge in [-0.1, -0.05) is 18.2 Å². The van der Waals surface area contributed by atoms with Crippen LogP contribution in [0.15, 0.2) is 48.5 Å². The minimum Gasteiger partial charge on any atom is -0.344 e. The Bertz CT molecular complexity index is 978. The van der Waals surface area contributed by atoms with Crippen LogP contribution >= 0.6 is 0 Å². The fourth-order valence-corrected chi connectivity index (χ4v) is 4.32. The molecule has 0 radical (unpaired) electrons. The predicted molar refractivity (Wildman–Crippen MR) is 99.1 cm³/mol. The molecule has 1 fully saturated rings. The Kier molecular flexibility index (Phi) is 5.41. The standard InChI is InChI=1S/C18H18FN3O4S/c19-14-5-1-4-13(10-14)12-20-17(23)18(24)21-15-6-2-7-16(11-15)22-8-3-9-27(22,25)26/h1-2,4-7,10-11H,3,8-9,12H2,(H,20,23)(H,21,24). The molecular formula is C18H18FN3O4S. The van der Waals surface area contributed by atoms with E-state index in [1.165, 1.54) is 28.6 Å². The average molecular weight is 391 g/mol. The summed E-state index contributed by atoms with van der Waals surface area (Å²) in [6, 6.07) is 12.0. The zero-order chi connectivity index (χ0) is 19.4. The second-order valence-corrected chi connectivity index (χ2v) is 8.07. The van der Waals surface area contributed by atoms with Crippen LogP contribution in [-0.4, -0.2) is 32.5 Å². The van der Waals surface area contributed by atoms with Crippen molar-refractivity contribution in [2.75, 3.05) is 21.9 Å². The largest absolute Gasteiger partial charge is 0.344 e. The topological polar surface area (TPSA) is 95.6 Å². The SMILES string of the molecule is O=C(NCc1cccc(F)c1)C(=O)Nc1cccc(N2CCCS2(=O)=O)c1. The lowest BCUT2D eigenvalue weighted by molar-refractivity contribution is -0.136. The van der Waals surface area contributed by atoms with Crippen molar-refractivity contribution in [3.63, 3.8) is 0 Å². The smallest absolute Gasteiger partial charge is 0.313 e. The zero-order valence-corrected chi connectivity index (χ0v) is 15.1. The van der Waals surface area contributed by atoms with E-state index in [0.29, 0.717) is 29.9 Å². The molecule has 0 aliphatic carbocycles. The van der Waals surface area contributed by atoms with E-state index in [-0.39, 0.29) is 12.3 Å². The van der Waals surface area contributed by atoms with Gasteiger partial charge in [-0.2, -0.15) is 0 Å². The van der Waals surface area contributed by atoms with Crippen molar-refractivity contribution >= 4 is 33.2 Å². The van der Waals surface area contributed by atoms with E-state index in [4.69, 9.17) is 0 Å². The molecule has 2 amide bonds. The zero-order valence-electron chi connectivity index (χ0n) is 14.3. The Morgan fingerprint density at radius 1 is 1.07 bits per heavy atom.